The van der Waals surface area contributed by atoms with Crippen molar-refractivity contribution in [3.8, 4) is 5.75 Å². The van der Waals surface area contributed by atoms with Crippen molar-refractivity contribution in [3.05, 3.63) is 171 Å². The molecule has 0 N–H and O–H groups in total. The predicted molar refractivity (Wildman–Crippen MR) is 200 cm³/mol. The fourth-order valence-corrected chi connectivity index (χ4v) is 7.40. The molecule has 1 unspecified atom stereocenters. The summed E-state index contributed by atoms with van der Waals surface area (Å²) >= 11 is 3.86. The van der Waals surface area contributed by atoms with Gasteiger partial charge < -0.3 is 23.7 Å². The third kappa shape index (κ3) is 8.74. The number of hydrogen-bond acceptors (Lipinski definition) is 5. The van der Waals surface area contributed by atoms with Crippen molar-refractivity contribution in [2.45, 2.75) is 70.4 Å². The quantitative estimate of drug-likeness (QED) is 0.121. The van der Waals surface area contributed by atoms with Crippen LogP contribution in [0.25, 0.3) is 0 Å². The molecule has 0 aliphatic carbocycles. The molecule has 1 saturated heterocycles. The molecule has 6 heteroatoms. The summed E-state index contributed by atoms with van der Waals surface area (Å²) in [5, 5.41) is 0. The summed E-state index contributed by atoms with van der Waals surface area (Å²) < 4.78 is 34.1. The van der Waals surface area contributed by atoms with Crippen LogP contribution in [0.5, 0.6) is 5.75 Å². The number of rotatable bonds is 13. The first-order valence-corrected chi connectivity index (χ1v) is 18.5. The van der Waals surface area contributed by atoms with Crippen LogP contribution in [0.15, 0.2) is 132 Å². The predicted octanol–water partition coefficient (Wildman–Crippen LogP) is 9.83. The molecule has 5 nitrogen and oxygen atoms in total. The molecule has 1 fully saturated rings. The Morgan fingerprint density at radius 1 is 0.680 bits per heavy atom. The van der Waals surface area contributed by atoms with E-state index in [1.165, 1.54) is 16.7 Å². The largest absolute Gasteiger partial charge is 0.493 e. The summed E-state index contributed by atoms with van der Waals surface area (Å²) in [6, 6.07) is 44.1. The molecule has 0 spiro atoms. The highest BCUT2D eigenvalue weighted by Gasteiger charge is 2.46. The van der Waals surface area contributed by atoms with Gasteiger partial charge in [-0.1, -0.05) is 138 Å². The molecule has 5 aromatic carbocycles. The van der Waals surface area contributed by atoms with Crippen LogP contribution in [0.3, 0.4) is 0 Å². The van der Waals surface area contributed by atoms with Crippen molar-refractivity contribution in [1.82, 2.24) is 0 Å². The monoisotopic (exact) mass is 732 g/mol. The molecule has 2 heterocycles. The maximum atomic E-state index is 7.06. The number of ether oxygens (including phenoxy) is 5. The Kier molecular flexibility index (Phi) is 11.8. The third-order valence-corrected chi connectivity index (χ3v) is 10.6. The van der Waals surface area contributed by atoms with E-state index in [1.807, 2.05) is 42.5 Å². The van der Waals surface area contributed by atoms with E-state index in [-0.39, 0.29) is 30.3 Å². The van der Waals surface area contributed by atoms with Gasteiger partial charge in [0.05, 0.1) is 45.2 Å². The molecule has 0 radical (unpaired) electrons. The third-order valence-electron chi connectivity index (χ3n) is 9.78. The van der Waals surface area contributed by atoms with Gasteiger partial charge in [-0.2, -0.15) is 0 Å². The number of aryl methyl sites for hydroxylation is 1. The smallest absolute Gasteiger partial charge is 0.122 e. The Balaban J connectivity index is 1.19. The number of fused-ring (bicyclic) bond motifs is 1. The summed E-state index contributed by atoms with van der Waals surface area (Å²) in [5.41, 5.74) is 8.19. The molecule has 0 aromatic heterocycles. The Morgan fingerprint density at radius 3 is 2.00 bits per heavy atom. The Bertz CT molecular complexity index is 1800. The highest BCUT2D eigenvalue weighted by molar-refractivity contribution is 9.10. The van der Waals surface area contributed by atoms with Gasteiger partial charge in [-0.3, -0.25) is 0 Å². The average molecular weight is 734 g/mol. The first-order valence-electron chi connectivity index (χ1n) is 17.7. The lowest BCUT2D eigenvalue weighted by Crippen LogP contribution is -2.53. The van der Waals surface area contributed by atoms with E-state index in [4.69, 9.17) is 23.7 Å². The van der Waals surface area contributed by atoms with E-state index in [0.29, 0.717) is 26.4 Å². The topological polar surface area (TPSA) is 46.2 Å². The molecule has 258 valence electrons. The maximum absolute atomic E-state index is 7.06. The summed E-state index contributed by atoms with van der Waals surface area (Å²) in [6.45, 7) is 4.91. The van der Waals surface area contributed by atoms with Crippen LogP contribution < -0.4 is 4.74 Å². The van der Waals surface area contributed by atoms with Crippen molar-refractivity contribution in [1.29, 1.82) is 0 Å². The van der Waals surface area contributed by atoms with Crippen LogP contribution in [0, 0.1) is 5.92 Å². The second-order valence-corrected chi connectivity index (χ2v) is 14.3. The Labute approximate surface area is 304 Å². The zero-order chi connectivity index (χ0) is 34.1. The van der Waals surface area contributed by atoms with Gasteiger partial charge in [0.1, 0.15) is 18.0 Å². The minimum absolute atomic E-state index is 0.0131. The standard InChI is InChI=1S/C44H45BrO5/c1-31-41(30-46-27-32-12-5-2-6-13-32)50-43(37-20-21-39(45)38(26-37)25-35-19-22-40-36(24-35)18-11-23-47-40)44(49-29-34-16-9-4-10-17-34)42(31)48-28-33-14-7-3-8-15-33/h2-10,12-17,19-22,24,26,31,41-44H,11,18,23,25,27-30H2,1H3/t31-,41-,42+,43?,44-/m1/s1. The summed E-state index contributed by atoms with van der Waals surface area (Å²) in [5.74, 6) is 1.03. The minimum atomic E-state index is -0.371. The van der Waals surface area contributed by atoms with Gasteiger partial charge in [-0.25, -0.2) is 0 Å². The fraction of sp³-hybridized carbons (Fsp3) is 0.318. The van der Waals surface area contributed by atoms with Crippen LogP contribution in [0.2, 0.25) is 0 Å². The SMILES string of the molecule is C[C@H]1[C@H](OCc2ccccc2)[C@@H](OCc2ccccc2)C(c2ccc(Br)c(Cc3ccc4c(c3)CCCO4)c2)O[C@@H]1COCc1ccccc1. The van der Waals surface area contributed by atoms with Crippen LogP contribution in [0.4, 0.5) is 0 Å². The molecule has 0 saturated carbocycles. The van der Waals surface area contributed by atoms with E-state index >= 15 is 0 Å². The lowest BCUT2D eigenvalue weighted by Gasteiger charge is -2.46. The van der Waals surface area contributed by atoms with Crippen LogP contribution in [-0.2, 0) is 51.6 Å². The van der Waals surface area contributed by atoms with Crippen molar-refractivity contribution in [2.24, 2.45) is 5.92 Å². The Hall–Kier alpha value is -3.78. The number of halogens is 1. The second-order valence-electron chi connectivity index (χ2n) is 13.4. The summed E-state index contributed by atoms with van der Waals surface area (Å²) in [6.07, 6.45) is 1.74. The first kappa shape index (κ1) is 34.7. The van der Waals surface area contributed by atoms with Crippen molar-refractivity contribution >= 4 is 15.9 Å². The molecule has 7 rings (SSSR count). The molecule has 5 atom stereocenters. The molecule has 50 heavy (non-hydrogen) atoms. The highest BCUT2D eigenvalue weighted by Crippen LogP contribution is 2.41. The molecule has 0 bridgehead atoms. The lowest BCUT2D eigenvalue weighted by molar-refractivity contribution is -0.243. The maximum Gasteiger partial charge on any atom is 0.122 e. The van der Waals surface area contributed by atoms with Gasteiger partial charge in [-0.05, 0) is 70.3 Å². The van der Waals surface area contributed by atoms with Gasteiger partial charge in [-0.15, -0.1) is 0 Å². The number of benzene rings is 5. The van der Waals surface area contributed by atoms with Gasteiger partial charge in [0.15, 0.2) is 0 Å². The zero-order valence-electron chi connectivity index (χ0n) is 28.6. The van der Waals surface area contributed by atoms with Crippen molar-refractivity contribution < 1.29 is 23.7 Å². The highest BCUT2D eigenvalue weighted by atomic mass is 79.9. The normalized spacial score (nSPS) is 21.7. The van der Waals surface area contributed by atoms with Crippen molar-refractivity contribution in [3.63, 3.8) is 0 Å². The van der Waals surface area contributed by atoms with Gasteiger partial charge in [0.2, 0.25) is 0 Å². The zero-order valence-corrected chi connectivity index (χ0v) is 30.2. The fourth-order valence-electron chi connectivity index (χ4n) is 7.01. The second kappa shape index (κ2) is 17.0. The van der Waals surface area contributed by atoms with Crippen molar-refractivity contribution in [2.75, 3.05) is 13.2 Å². The van der Waals surface area contributed by atoms with Crippen LogP contribution >= 0.6 is 15.9 Å². The molecule has 2 aliphatic rings. The van der Waals surface area contributed by atoms with Gasteiger partial charge in [0.25, 0.3) is 0 Å². The average Bonchev–Trinajstić information content (AvgIpc) is 3.16. The molecular weight excluding hydrogens is 688 g/mol. The van der Waals surface area contributed by atoms with E-state index < -0.39 is 0 Å². The summed E-state index contributed by atoms with van der Waals surface area (Å²) in [4.78, 5) is 0. The van der Waals surface area contributed by atoms with E-state index in [1.54, 1.807) is 0 Å². The Morgan fingerprint density at radius 2 is 1.32 bits per heavy atom. The lowest BCUT2D eigenvalue weighted by atomic mass is 9.84. The van der Waals surface area contributed by atoms with Gasteiger partial charge >= 0.3 is 0 Å². The molecule has 0 amide bonds. The number of hydrogen-bond donors (Lipinski definition) is 0. The molecule has 2 aliphatic heterocycles. The molecular formula is C44H45BrO5. The van der Waals surface area contributed by atoms with Crippen LogP contribution in [-0.4, -0.2) is 31.5 Å². The van der Waals surface area contributed by atoms with E-state index in [2.05, 4.69) is 108 Å². The van der Waals surface area contributed by atoms with Crippen LogP contribution in [0.1, 0.15) is 58.4 Å². The first-order chi connectivity index (χ1) is 24.6. The molecule has 5 aromatic rings. The van der Waals surface area contributed by atoms with E-state index in [0.717, 1.165) is 58.3 Å². The van der Waals surface area contributed by atoms with E-state index in [9.17, 15) is 0 Å². The minimum Gasteiger partial charge on any atom is -0.493 e. The van der Waals surface area contributed by atoms with Gasteiger partial charge in [0, 0.05) is 10.4 Å². The summed E-state index contributed by atoms with van der Waals surface area (Å²) in [7, 11) is 0.